The highest BCUT2D eigenvalue weighted by Crippen LogP contribution is 2.30. The van der Waals surface area contributed by atoms with Gasteiger partial charge in [0.1, 0.15) is 0 Å². The monoisotopic (exact) mass is 289 g/mol. The lowest BCUT2D eigenvalue weighted by molar-refractivity contribution is 0.598. The molecule has 3 rings (SSSR count). The number of hydrogen-bond acceptors (Lipinski definition) is 2. The van der Waals surface area contributed by atoms with E-state index in [1.807, 2.05) is 30.3 Å². The van der Waals surface area contributed by atoms with Gasteiger partial charge in [-0.05, 0) is 43.4 Å². The van der Waals surface area contributed by atoms with Gasteiger partial charge in [-0.1, -0.05) is 46.9 Å². The minimum atomic E-state index is -1.40. The summed E-state index contributed by atoms with van der Waals surface area (Å²) in [6.07, 6.45) is 7.61. The van der Waals surface area contributed by atoms with Crippen molar-refractivity contribution in [1.82, 2.24) is 0 Å². The molecule has 0 bridgehead atoms. The fourth-order valence-electron chi connectivity index (χ4n) is 2.62. The molecule has 1 unspecified atom stereocenters. The van der Waals surface area contributed by atoms with Gasteiger partial charge >= 0.3 is 7.80 Å². The van der Waals surface area contributed by atoms with Crippen molar-refractivity contribution < 1.29 is 4.57 Å². The number of thiophene rings is 1. The van der Waals surface area contributed by atoms with Gasteiger partial charge in [0.25, 0.3) is 0 Å². The van der Waals surface area contributed by atoms with Gasteiger partial charge in [0.2, 0.25) is 4.62 Å². The van der Waals surface area contributed by atoms with Gasteiger partial charge in [-0.25, -0.2) is 0 Å². The van der Waals surface area contributed by atoms with E-state index >= 15 is 0 Å². The van der Waals surface area contributed by atoms with E-state index in [0.717, 1.165) is 9.92 Å². The van der Waals surface area contributed by atoms with E-state index in [9.17, 15) is 4.57 Å². The summed E-state index contributed by atoms with van der Waals surface area (Å²) in [5.41, 5.74) is 1.46. The summed E-state index contributed by atoms with van der Waals surface area (Å²) in [6, 6.07) is 12.0. The molecule has 0 amide bonds. The van der Waals surface area contributed by atoms with Crippen molar-refractivity contribution in [2.75, 3.05) is 0 Å². The standard InChI is InChI=1S/C16H18OPS/c17-18(14-9-5-3-6-10-14)16-12-13-8-4-1-2-7-11-15(13)19-16/h3,5-6,9-10,12H,1-2,4,7-8,11H2/q+1. The van der Waals surface area contributed by atoms with Crippen molar-refractivity contribution in [2.24, 2.45) is 0 Å². The Balaban J connectivity index is 1.89. The highest BCUT2D eigenvalue weighted by molar-refractivity contribution is 7.68. The highest BCUT2D eigenvalue weighted by atomic mass is 32.1. The maximum atomic E-state index is 12.6. The third-order valence-electron chi connectivity index (χ3n) is 3.67. The second-order valence-corrected chi connectivity index (χ2v) is 8.10. The van der Waals surface area contributed by atoms with Crippen LogP contribution in [0.4, 0.5) is 0 Å². The number of rotatable bonds is 2. The molecule has 1 aliphatic carbocycles. The van der Waals surface area contributed by atoms with E-state index in [-0.39, 0.29) is 0 Å². The second-order valence-electron chi connectivity index (χ2n) is 5.08. The van der Waals surface area contributed by atoms with Crippen LogP contribution in [0.1, 0.15) is 36.1 Å². The van der Waals surface area contributed by atoms with Gasteiger partial charge in [-0.2, -0.15) is 0 Å². The summed E-state index contributed by atoms with van der Waals surface area (Å²) < 4.78 is 13.7. The van der Waals surface area contributed by atoms with Gasteiger partial charge in [-0.3, -0.25) is 0 Å². The molecule has 0 radical (unpaired) electrons. The minimum Gasteiger partial charge on any atom is -0.0923 e. The molecule has 0 spiro atoms. The van der Waals surface area contributed by atoms with Crippen LogP contribution in [0.5, 0.6) is 0 Å². The molecule has 1 nitrogen and oxygen atoms in total. The molecule has 19 heavy (non-hydrogen) atoms. The van der Waals surface area contributed by atoms with Gasteiger partial charge in [0, 0.05) is 10.9 Å². The van der Waals surface area contributed by atoms with Crippen molar-refractivity contribution in [2.45, 2.75) is 38.5 Å². The molecule has 1 aromatic heterocycles. The third kappa shape index (κ3) is 2.96. The predicted octanol–water partition coefficient (Wildman–Crippen LogP) is 4.19. The summed E-state index contributed by atoms with van der Waals surface area (Å²) in [5.74, 6) is 0. The van der Waals surface area contributed by atoms with Crippen molar-refractivity contribution in [1.29, 1.82) is 0 Å². The van der Waals surface area contributed by atoms with Crippen LogP contribution in [0.15, 0.2) is 36.4 Å². The first kappa shape index (κ1) is 13.0. The lowest BCUT2D eigenvalue weighted by atomic mass is 10.0. The quantitative estimate of drug-likeness (QED) is 0.758. The second kappa shape index (κ2) is 5.98. The Bertz CT molecular complexity index is 548. The summed E-state index contributed by atoms with van der Waals surface area (Å²) in [7, 11) is -1.40. The molecule has 0 aliphatic heterocycles. The first-order valence-electron chi connectivity index (χ1n) is 6.98. The molecule has 1 atom stereocenters. The van der Waals surface area contributed by atoms with Crippen LogP contribution in [0.2, 0.25) is 0 Å². The summed E-state index contributed by atoms with van der Waals surface area (Å²) in [5, 5.41) is 0.951. The van der Waals surface area contributed by atoms with E-state index in [0.29, 0.717) is 0 Å². The number of benzene rings is 1. The Morgan fingerprint density at radius 1 is 0.947 bits per heavy atom. The smallest absolute Gasteiger partial charge is 0.0923 e. The third-order valence-corrected chi connectivity index (χ3v) is 6.78. The van der Waals surface area contributed by atoms with E-state index < -0.39 is 7.80 Å². The van der Waals surface area contributed by atoms with Gasteiger partial charge in [-0.15, -0.1) is 0 Å². The Hall–Kier alpha value is -0.980. The van der Waals surface area contributed by atoms with E-state index in [2.05, 4.69) is 6.07 Å². The Morgan fingerprint density at radius 2 is 1.68 bits per heavy atom. The first-order chi connectivity index (χ1) is 9.34. The molecule has 0 fully saturated rings. The predicted molar refractivity (Wildman–Crippen MR) is 83.5 cm³/mol. The molecule has 3 heteroatoms. The molecule has 2 aromatic rings. The zero-order valence-corrected chi connectivity index (χ0v) is 12.7. The number of aryl methyl sites for hydroxylation is 2. The SMILES string of the molecule is O=[P+](c1ccccc1)c1cc2c(s1)CCCCCC2. The molecular formula is C16H18OPS+. The average Bonchev–Trinajstić information content (AvgIpc) is 2.81. The van der Waals surface area contributed by atoms with Crippen LogP contribution >= 0.6 is 19.1 Å². The van der Waals surface area contributed by atoms with Crippen molar-refractivity contribution in [3.05, 3.63) is 46.8 Å². The maximum absolute atomic E-state index is 12.6. The lowest BCUT2D eigenvalue weighted by Gasteiger charge is -2.07. The van der Waals surface area contributed by atoms with Crippen LogP contribution in [0.25, 0.3) is 0 Å². The molecule has 98 valence electrons. The fourth-order valence-corrected chi connectivity index (χ4v) is 5.56. The average molecular weight is 289 g/mol. The van der Waals surface area contributed by atoms with Crippen LogP contribution in [-0.2, 0) is 17.4 Å². The van der Waals surface area contributed by atoms with Crippen LogP contribution < -0.4 is 9.92 Å². The van der Waals surface area contributed by atoms with Crippen molar-refractivity contribution in [3.63, 3.8) is 0 Å². The summed E-state index contributed by atoms with van der Waals surface area (Å²) >= 11 is 1.78. The van der Waals surface area contributed by atoms with Crippen LogP contribution in [0, 0.1) is 0 Å². The summed E-state index contributed by atoms with van der Waals surface area (Å²) in [4.78, 5) is 1.48. The summed E-state index contributed by atoms with van der Waals surface area (Å²) in [6.45, 7) is 0. The van der Waals surface area contributed by atoms with E-state index in [4.69, 9.17) is 0 Å². The topological polar surface area (TPSA) is 17.1 Å². The fraction of sp³-hybridized carbons (Fsp3) is 0.375. The molecule has 1 heterocycles. The Labute approximate surface area is 119 Å². The molecule has 0 saturated heterocycles. The number of fused-ring (bicyclic) bond motifs is 1. The number of hydrogen-bond donors (Lipinski definition) is 0. The van der Waals surface area contributed by atoms with Gasteiger partial charge in [0.15, 0.2) is 5.30 Å². The molecule has 0 saturated carbocycles. The van der Waals surface area contributed by atoms with Gasteiger partial charge < -0.3 is 0 Å². The maximum Gasteiger partial charge on any atom is 0.426 e. The van der Waals surface area contributed by atoms with Crippen LogP contribution in [0.3, 0.4) is 0 Å². The zero-order valence-electron chi connectivity index (χ0n) is 11.0. The first-order valence-corrected chi connectivity index (χ1v) is 9.06. The van der Waals surface area contributed by atoms with E-state index in [1.54, 1.807) is 11.3 Å². The van der Waals surface area contributed by atoms with Crippen molar-refractivity contribution in [3.8, 4) is 0 Å². The van der Waals surface area contributed by atoms with Crippen molar-refractivity contribution >= 4 is 29.1 Å². The molecule has 1 aromatic carbocycles. The molecule has 0 N–H and O–H groups in total. The Morgan fingerprint density at radius 3 is 2.47 bits per heavy atom. The van der Waals surface area contributed by atoms with Gasteiger partial charge in [0.05, 0.1) is 0 Å². The van der Waals surface area contributed by atoms with Crippen LogP contribution in [-0.4, -0.2) is 0 Å². The highest BCUT2D eigenvalue weighted by Gasteiger charge is 2.27. The molecular weight excluding hydrogens is 271 g/mol. The zero-order chi connectivity index (χ0) is 13.1. The van der Waals surface area contributed by atoms with E-state index in [1.165, 1.54) is 49.0 Å². The minimum absolute atomic E-state index is 0.951. The largest absolute Gasteiger partial charge is 0.426 e. The Kier molecular flexibility index (Phi) is 4.10. The molecule has 1 aliphatic rings. The lowest BCUT2D eigenvalue weighted by Crippen LogP contribution is -2.02. The normalized spacial score (nSPS) is 16.3.